The Kier molecular flexibility index (Phi) is 3.67. The fourth-order valence-electron chi connectivity index (χ4n) is 1.52. The fraction of sp³-hybridized carbons (Fsp3) is 0.700. The van der Waals surface area contributed by atoms with E-state index in [-0.39, 0.29) is 16.6 Å². The number of hydrogen-bond donors (Lipinski definition) is 1. The largest absolute Gasteiger partial charge is 0.438 e. The van der Waals surface area contributed by atoms with Gasteiger partial charge in [-0.15, -0.1) is 0 Å². The zero-order valence-corrected chi connectivity index (χ0v) is 9.82. The third-order valence-electron chi connectivity index (χ3n) is 2.59. The molecule has 0 spiro atoms. The first kappa shape index (κ1) is 14.4. The van der Waals surface area contributed by atoms with Crippen LogP contribution < -0.4 is 0 Å². The molecular formula is C10H12F3N3O2. The van der Waals surface area contributed by atoms with Crippen molar-refractivity contribution < 1.29 is 23.1 Å². The predicted octanol–water partition coefficient (Wildman–Crippen LogP) is 1.40. The van der Waals surface area contributed by atoms with Crippen LogP contribution in [0.25, 0.3) is 0 Å². The average molecular weight is 263 g/mol. The number of hydrogen-bond acceptors (Lipinski definition) is 4. The molecule has 18 heavy (non-hydrogen) atoms. The van der Waals surface area contributed by atoms with Gasteiger partial charge in [-0.1, -0.05) is 13.8 Å². The van der Waals surface area contributed by atoms with Gasteiger partial charge in [-0.2, -0.15) is 28.5 Å². The molecule has 0 aromatic heterocycles. The van der Waals surface area contributed by atoms with Gasteiger partial charge in [0.25, 0.3) is 11.6 Å². The Morgan fingerprint density at radius 2 is 2.22 bits per heavy atom. The maximum atomic E-state index is 12.8. The number of carbonyl (C=O) groups excluding carboxylic acids is 1. The maximum absolute atomic E-state index is 12.8. The van der Waals surface area contributed by atoms with Crippen LogP contribution in [-0.2, 0) is 4.79 Å². The van der Waals surface area contributed by atoms with Crippen molar-refractivity contribution in [2.75, 3.05) is 0 Å². The second kappa shape index (κ2) is 4.57. The van der Waals surface area contributed by atoms with E-state index >= 15 is 0 Å². The molecule has 0 saturated carbocycles. The molecule has 0 unspecified atom stereocenters. The smallest absolute Gasteiger partial charge is 0.362 e. The highest BCUT2D eigenvalue weighted by Gasteiger charge is 2.63. The Balaban J connectivity index is 3.14. The molecule has 0 radical (unpaired) electrons. The summed E-state index contributed by atoms with van der Waals surface area (Å²) in [7, 11) is 0. The van der Waals surface area contributed by atoms with Gasteiger partial charge in [0.2, 0.25) is 0 Å². The number of nitriles is 1. The molecule has 1 aliphatic rings. The van der Waals surface area contributed by atoms with Crippen molar-refractivity contribution in [1.82, 2.24) is 5.01 Å². The van der Waals surface area contributed by atoms with Crippen molar-refractivity contribution in [2.24, 2.45) is 11.0 Å². The molecule has 1 rings (SSSR count). The van der Waals surface area contributed by atoms with Crippen LogP contribution in [0.1, 0.15) is 26.7 Å². The molecule has 1 atom stereocenters. The molecule has 1 amide bonds. The van der Waals surface area contributed by atoms with Crippen molar-refractivity contribution >= 4 is 11.6 Å². The fourth-order valence-corrected chi connectivity index (χ4v) is 1.52. The van der Waals surface area contributed by atoms with Gasteiger partial charge in [0.1, 0.15) is 6.42 Å². The van der Waals surface area contributed by atoms with E-state index in [1.165, 1.54) is 6.07 Å². The van der Waals surface area contributed by atoms with E-state index in [1.807, 2.05) is 0 Å². The molecule has 0 bridgehead atoms. The first-order valence-corrected chi connectivity index (χ1v) is 5.20. The second-order valence-electron chi connectivity index (χ2n) is 4.28. The number of amides is 1. The van der Waals surface area contributed by atoms with Crippen molar-refractivity contribution in [1.29, 1.82) is 5.26 Å². The minimum absolute atomic E-state index is 0.0223. The number of nitrogens with zero attached hydrogens (tertiary/aromatic N) is 3. The Hall–Kier alpha value is -1.62. The Labute approximate surface area is 101 Å². The molecule has 0 fully saturated rings. The first-order chi connectivity index (χ1) is 8.13. The number of halogens is 3. The highest BCUT2D eigenvalue weighted by molar-refractivity contribution is 5.92. The standard InChI is InChI=1S/C10H12F3N3O2/c1-6(2)7-5-9(18,10(11,12)13)16(15-7)8(17)3-4-14/h6,18H,3,5H2,1-2H3/t9-/m1/s1. The zero-order chi connectivity index (χ0) is 14.1. The summed E-state index contributed by atoms with van der Waals surface area (Å²) in [5.41, 5.74) is -3.28. The first-order valence-electron chi connectivity index (χ1n) is 5.20. The maximum Gasteiger partial charge on any atom is 0.438 e. The van der Waals surface area contributed by atoms with Crippen molar-refractivity contribution in [3.63, 3.8) is 0 Å². The molecular weight excluding hydrogens is 251 g/mol. The van der Waals surface area contributed by atoms with E-state index in [0.29, 0.717) is 0 Å². The van der Waals surface area contributed by atoms with Gasteiger partial charge in [0.15, 0.2) is 0 Å². The van der Waals surface area contributed by atoms with E-state index in [9.17, 15) is 23.1 Å². The van der Waals surface area contributed by atoms with Crippen LogP contribution in [0.5, 0.6) is 0 Å². The summed E-state index contributed by atoms with van der Waals surface area (Å²) in [5.74, 6) is -1.51. The Bertz CT molecular complexity index is 425. The molecule has 100 valence electrons. The quantitative estimate of drug-likeness (QED) is 0.818. The molecule has 1 heterocycles. The highest BCUT2D eigenvalue weighted by Crippen LogP contribution is 2.41. The van der Waals surface area contributed by atoms with Gasteiger partial charge in [-0.25, -0.2) is 0 Å². The second-order valence-corrected chi connectivity index (χ2v) is 4.28. The topological polar surface area (TPSA) is 76.7 Å². The summed E-state index contributed by atoms with van der Waals surface area (Å²) in [6.07, 6.45) is -6.59. The minimum Gasteiger partial charge on any atom is -0.362 e. The van der Waals surface area contributed by atoms with Crippen LogP contribution in [0.4, 0.5) is 13.2 Å². The Morgan fingerprint density at radius 1 is 1.67 bits per heavy atom. The summed E-state index contributed by atoms with van der Waals surface area (Å²) >= 11 is 0. The molecule has 8 heteroatoms. The van der Waals surface area contributed by atoms with Gasteiger partial charge in [0, 0.05) is 12.1 Å². The lowest BCUT2D eigenvalue weighted by molar-refractivity contribution is -0.302. The van der Waals surface area contributed by atoms with Crippen LogP contribution in [0.2, 0.25) is 0 Å². The van der Waals surface area contributed by atoms with Gasteiger partial charge in [-0.3, -0.25) is 4.79 Å². The normalized spacial score (nSPS) is 24.1. The van der Waals surface area contributed by atoms with Gasteiger partial charge < -0.3 is 5.11 Å². The molecule has 5 nitrogen and oxygen atoms in total. The molecule has 1 N–H and O–H groups in total. The summed E-state index contributed by atoms with van der Waals surface area (Å²) in [6.45, 7) is 3.21. The number of aliphatic hydroxyl groups is 1. The SMILES string of the molecule is CC(C)C1=NN(C(=O)CC#N)[C@](O)(C(F)(F)F)C1. The average Bonchev–Trinajstić information content (AvgIpc) is 2.57. The van der Waals surface area contributed by atoms with E-state index in [1.54, 1.807) is 13.8 Å². The van der Waals surface area contributed by atoms with Crippen molar-refractivity contribution in [3.8, 4) is 6.07 Å². The number of hydrazone groups is 1. The van der Waals surface area contributed by atoms with Crippen molar-refractivity contribution in [2.45, 2.75) is 38.6 Å². The van der Waals surface area contributed by atoms with Crippen LogP contribution in [0, 0.1) is 17.2 Å². The zero-order valence-electron chi connectivity index (χ0n) is 9.82. The predicted molar refractivity (Wildman–Crippen MR) is 55.0 cm³/mol. The lowest BCUT2D eigenvalue weighted by Gasteiger charge is -2.32. The number of rotatable bonds is 2. The third kappa shape index (κ3) is 2.31. The number of alkyl halides is 3. The summed E-state index contributed by atoms with van der Waals surface area (Å²) in [6, 6.07) is 1.44. The summed E-state index contributed by atoms with van der Waals surface area (Å²) < 4.78 is 38.5. The van der Waals surface area contributed by atoms with Gasteiger partial charge in [0.05, 0.1) is 6.07 Å². The van der Waals surface area contributed by atoms with E-state index in [2.05, 4.69) is 5.10 Å². The molecule has 0 saturated heterocycles. The molecule has 0 aliphatic carbocycles. The third-order valence-corrected chi connectivity index (χ3v) is 2.59. The minimum atomic E-state index is -5.03. The van der Waals surface area contributed by atoms with Crippen LogP contribution in [-0.4, -0.2) is 33.6 Å². The molecule has 1 aliphatic heterocycles. The van der Waals surface area contributed by atoms with Gasteiger partial charge >= 0.3 is 6.18 Å². The Morgan fingerprint density at radius 3 is 2.61 bits per heavy atom. The van der Waals surface area contributed by atoms with Crippen LogP contribution >= 0.6 is 0 Å². The lowest BCUT2D eigenvalue weighted by atomic mass is 9.99. The van der Waals surface area contributed by atoms with E-state index in [4.69, 9.17) is 5.26 Å². The monoisotopic (exact) mass is 263 g/mol. The lowest BCUT2D eigenvalue weighted by Crippen LogP contribution is -2.56. The molecule has 0 aromatic carbocycles. The van der Waals surface area contributed by atoms with Gasteiger partial charge in [-0.05, 0) is 5.92 Å². The van der Waals surface area contributed by atoms with Crippen molar-refractivity contribution in [3.05, 3.63) is 0 Å². The summed E-state index contributed by atoms with van der Waals surface area (Å²) in [5, 5.41) is 21.5. The van der Waals surface area contributed by atoms with E-state index < -0.39 is 30.7 Å². The van der Waals surface area contributed by atoms with Crippen LogP contribution in [0.3, 0.4) is 0 Å². The summed E-state index contributed by atoms with van der Waals surface area (Å²) in [4.78, 5) is 11.4. The van der Waals surface area contributed by atoms with Crippen LogP contribution in [0.15, 0.2) is 5.10 Å². The number of carbonyl (C=O) groups is 1. The highest BCUT2D eigenvalue weighted by atomic mass is 19.4. The van der Waals surface area contributed by atoms with E-state index in [0.717, 1.165) is 0 Å². The molecule has 0 aromatic rings.